The molecule has 1 aromatic heterocycles. The second-order valence-corrected chi connectivity index (χ2v) is 10.6. The van der Waals surface area contributed by atoms with Crippen LogP contribution in [0.25, 0.3) is 0 Å². The molecule has 1 amide bonds. The lowest BCUT2D eigenvalue weighted by atomic mass is 9.90. The number of piperidine rings is 1. The van der Waals surface area contributed by atoms with Crippen LogP contribution >= 0.6 is 0 Å². The van der Waals surface area contributed by atoms with E-state index in [4.69, 9.17) is 4.98 Å². The van der Waals surface area contributed by atoms with E-state index in [1.165, 1.54) is 12.8 Å². The van der Waals surface area contributed by atoms with Gasteiger partial charge in [0, 0.05) is 37.8 Å². The summed E-state index contributed by atoms with van der Waals surface area (Å²) >= 11 is 0. The van der Waals surface area contributed by atoms with Gasteiger partial charge in [-0.2, -0.15) is 4.31 Å². The normalized spacial score (nSPS) is 18.7. The molecule has 7 nitrogen and oxygen atoms in total. The van der Waals surface area contributed by atoms with Crippen LogP contribution in [0.5, 0.6) is 0 Å². The van der Waals surface area contributed by atoms with Gasteiger partial charge in [-0.15, -0.1) is 0 Å². The van der Waals surface area contributed by atoms with Crippen LogP contribution in [-0.2, 0) is 10.0 Å². The van der Waals surface area contributed by atoms with E-state index in [1.54, 1.807) is 28.6 Å². The van der Waals surface area contributed by atoms with Gasteiger partial charge in [-0.1, -0.05) is 18.2 Å². The summed E-state index contributed by atoms with van der Waals surface area (Å²) in [5.74, 6) is -0.0255. The second-order valence-electron chi connectivity index (χ2n) is 8.68. The molecule has 8 heteroatoms. The molecule has 1 aromatic carbocycles. The molecule has 0 bridgehead atoms. The zero-order valence-corrected chi connectivity index (χ0v) is 19.5. The number of nitrogens with one attached hydrogen (secondary N) is 1. The van der Waals surface area contributed by atoms with Gasteiger partial charge in [0.1, 0.15) is 0 Å². The Morgan fingerprint density at radius 2 is 1.72 bits per heavy atom. The van der Waals surface area contributed by atoms with Gasteiger partial charge >= 0.3 is 0 Å². The maximum atomic E-state index is 12.9. The largest absolute Gasteiger partial charge is 0.351 e. The van der Waals surface area contributed by atoms with Gasteiger partial charge in [0.15, 0.2) is 0 Å². The topological polar surface area (TPSA) is 82.6 Å². The third-order valence-corrected chi connectivity index (χ3v) is 8.36. The first-order chi connectivity index (χ1) is 15.4. The summed E-state index contributed by atoms with van der Waals surface area (Å²) in [6.07, 6.45) is 3.77. The fourth-order valence-electron chi connectivity index (χ4n) is 4.62. The van der Waals surface area contributed by atoms with Crippen molar-refractivity contribution in [1.29, 1.82) is 0 Å². The van der Waals surface area contributed by atoms with Gasteiger partial charge < -0.3 is 10.2 Å². The predicted octanol–water partition coefficient (Wildman–Crippen LogP) is 2.78. The molecule has 0 saturated carbocycles. The number of sulfonamides is 1. The quantitative estimate of drug-likeness (QED) is 0.693. The Hall–Kier alpha value is -2.29. The standard InChI is InChI=1S/C24H32N4O3S/c1-19-9-10-22(24(29)25-13-18-27-14-5-6-15-27)23(26-19)20-11-16-28(17-12-20)32(30,31)21-7-3-2-4-8-21/h2-4,7-10,20H,5-6,11-18H2,1H3,(H,25,29). The van der Waals surface area contributed by atoms with Crippen LogP contribution in [0, 0.1) is 6.92 Å². The summed E-state index contributed by atoms with van der Waals surface area (Å²) in [5, 5.41) is 3.05. The number of pyridine rings is 1. The molecule has 1 N–H and O–H groups in total. The van der Waals surface area contributed by atoms with Gasteiger partial charge in [-0.25, -0.2) is 8.42 Å². The van der Waals surface area contributed by atoms with Crippen molar-refractivity contribution < 1.29 is 13.2 Å². The van der Waals surface area contributed by atoms with Gasteiger partial charge in [-0.3, -0.25) is 9.78 Å². The Bertz CT molecular complexity index is 1030. The molecule has 0 spiro atoms. The van der Waals surface area contributed by atoms with Crippen molar-refractivity contribution in [2.45, 2.75) is 43.4 Å². The molecule has 2 aliphatic rings. The van der Waals surface area contributed by atoms with Crippen LogP contribution < -0.4 is 5.32 Å². The number of carbonyl (C=O) groups is 1. The van der Waals surface area contributed by atoms with Gasteiger partial charge in [0.25, 0.3) is 5.91 Å². The molecule has 2 aromatic rings. The average molecular weight is 457 g/mol. The first kappa shape index (κ1) is 22.9. The van der Waals surface area contributed by atoms with E-state index in [-0.39, 0.29) is 11.8 Å². The minimum absolute atomic E-state index is 0.0662. The summed E-state index contributed by atoms with van der Waals surface area (Å²) in [7, 11) is -3.49. The molecule has 2 saturated heterocycles. The number of aromatic nitrogens is 1. The second kappa shape index (κ2) is 10.1. The lowest BCUT2D eigenvalue weighted by Gasteiger charge is -2.31. The monoisotopic (exact) mass is 456 g/mol. The number of hydrogen-bond donors (Lipinski definition) is 1. The maximum absolute atomic E-state index is 12.9. The minimum atomic E-state index is -3.49. The summed E-state index contributed by atoms with van der Waals surface area (Å²) in [4.78, 5) is 20.3. The Labute approximate surface area is 190 Å². The van der Waals surface area contributed by atoms with E-state index in [9.17, 15) is 13.2 Å². The minimum Gasteiger partial charge on any atom is -0.351 e. The summed E-state index contributed by atoms with van der Waals surface area (Å²) in [6.45, 7) is 6.49. The van der Waals surface area contributed by atoms with Crippen LogP contribution in [0.3, 0.4) is 0 Å². The molecule has 0 unspecified atom stereocenters. The number of likely N-dealkylation sites (tertiary alicyclic amines) is 1. The SMILES string of the molecule is Cc1ccc(C(=O)NCCN2CCCC2)c(C2CCN(S(=O)(=O)c3ccccc3)CC2)n1. The van der Waals surface area contributed by atoms with Crippen LogP contribution in [0.15, 0.2) is 47.4 Å². The number of benzene rings is 1. The van der Waals surface area contributed by atoms with Crippen LogP contribution in [0.2, 0.25) is 0 Å². The van der Waals surface area contributed by atoms with Crippen molar-refractivity contribution in [2.75, 3.05) is 39.3 Å². The average Bonchev–Trinajstić information content (AvgIpc) is 3.33. The highest BCUT2D eigenvalue weighted by molar-refractivity contribution is 7.89. The highest BCUT2D eigenvalue weighted by Crippen LogP contribution is 2.31. The molecule has 0 atom stereocenters. The molecule has 3 heterocycles. The number of nitrogens with zero attached hydrogens (tertiary/aromatic N) is 3. The van der Waals surface area contributed by atoms with Gasteiger partial charge in [0.05, 0.1) is 16.2 Å². The van der Waals surface area contributed by atoms with Gasteiger partial charge in [0.2, 0.25) is 10.0 Å². The molecule has 2 fully saturated rings. The van der Waals surface area contributed by atoms with Crippen molar-refractivity contribution in [3.8, 4) is 0 Å². The van der Waals surface area contributed by atoms with E-state index in [0.717, 1.165) is 31.0 Å². The lowest BCUT2D eigenvalue weighted by Crippen LogP contribution is -2.39. The first-order valence-electron chi connectivity index (χ1n) is 11.5. The number of amides is 1. The lowest BCUT2D eigenvalue weighted by molar-refractivity contribution is 0.0947. The number of carbonyl (C=O) groups excluding carboxylic acids is 1. The maximum Gasteiger partial charge on any atom is 0.253 e. The molecule has 0 aliphatic carbocycles. The molecular weight excluding hydrogens is 424 g/mol. The van der Waals surface area contributed by atoms with Crippen molar-refractivity contribution in [2.24, 2.45) is 0 Å². The van der Waals surface area contributed by atoms with Crippen molar-refractivity contribution >= 4 is 15.9 Å². The Morgan fingerprint density at radius 3 is 2.41 bits per heavy atom. The summed E-state index contributed by atoms with van der Waals surface area (Å²) in [6, 6.07) is 12.3. The number of aryl methyl sites for hydroxylation is 1. The number of hydrogen-bond acceptors (Lipinski definition) is 5. The Morgan fingerprint density at radius 1 is 1.03 bits per heavy atom. The van der Waals surface area contributed by atoms with Crippen LogP contribution in [-0.4, -0.2) is 67.8 Å². The van der Waals surface area contributed by atoms with E-state index in [2.05, 4.69) is 10.2 Å². The van der Waals surface area contributed by atoms with E-state index >= 15 is 0 Å². The molecule has 172 valence electrons. The Balaban J connectivity index is 1.41. The van der Waals surface area contributed by atoms with Crippen molar-refractivity contribution in [3.63, 3.8) is 0 Å². The Kier molecular flexibility index (Phi) is 7.23. The molecule has 2 aliphatic heterocycles. The van der Waals surface area contributed by atoms with Crippen molar-refractivity contribution in [1.82, 2.24) is 19.5 Å². The highest BCUT2D eigenvalue weighted by atomic mass is 32.2. The smallest absolute Gasteiger partial charge is 0.253 e. The van der Waals surface area contributed by atoms with E-state index < -0.39 is 10.0 Å². The zero-order valence-electron chi connectivity index (χ0n) is 18.7. The van der Waals surface area contributed by atoms with Gasteiger partial charge in [-0.05, 0) is 70.0 Å². The zero-order chi connectivity index (χ0) is 22.6. The number of rotatable bonds is 7. The molecule has 0 radical (unpaired) electrons. The van der Waals surface area contributed by atoms with E-state index in [0.29, 0.717) is 42.9 Å². The summed E-state index contributed by atoms with van der Waals surface area (Å²) < 4.78 is 27.4. The summed E-state index contributed by atoms with van der Waals surface area (Å²) in [5.41, 5.74) is 2.27. The molecular formula is C24H32N4O3S. The third kappa shape index (κ3) is 5.19. The highest BCUT2D eigenvalue weighted by Gasteiger charge is 2.32. The fraction of sp³-hybridized carbons (Fsp3) is 0.500. The van der Waals surface area contributed by atoms with Crippen LogP contribution in [0.4, 0.5) is 0 Å². The molecule has 32 heavy (non-hydrogen) atoms. The van der Waals surface area contributed by atoms with E-state index in [1.807, 2.05) is 25.1 Å². The predicted molar refractivity (Wildman–Crippen MR) is 124 cm³/mol. The first-order valence-corrected chi connectivity index (χ1v) is 12.9. The fourth-order valence-corrected chi connectivity index (χ4v) is 6.11. The van der Waals surface area contributed by atoms with Crippen LogP contribution in [0.1, 0.15) is 53.3 Å². The van der Waals surface area contributed by atoms with Crippen molar-refractivity contribution in [3.05, 3.63) is 59.4 Å². The molecule has 4 rings (SSSR count). The third-order valence-electron chi connectivity index (χ3n) is 6.44.